The highest BCUT2D eigenvalue weighted by Crippen LogP contribution is 2.29. The van der Waals surface area contributed by atoms with Gasteiger partial charge in [-0.3, -0.25) is 4.79 Å². The molecule has 116 valence electrons. The smallest absolute Gasteiger partial charge is 0.254 e. The number of carbonyl (C=O) groups is 1. The molecule has 0 bridgehead atoms. The molecule has 0 unspecified atom stereocenters. The SMILES string of the molecule is O=C(c1cccc(Cl)c1)N1CCC[C@@H]1C[C@H](O)c1ccco1. The number of furan rings is 1. The second kappa shape index (κ2) is 6.55. The van der Waals surface area contributed by atoms with Crippen molar-refractivity contribution in [3.8, 4) is 0 Å². The summed E-state index contributed by atoms with van der Waals surface area (Å²) in [5.74, 6) is 0.513. The molecule has 0 spiro atoms. The summed E-state index contributed by atoms with van der Waals surface area (Å²) in [6.45, 7) is 0.709. The van der Waals surface area contributed by atoms with Crippen LogP contribution in [0.4, 0.5) is 0 Å². The highest BCUT2D eigenvalue weighted by atomic mass is 35.5. The molecule has 5 heteroatoms. The van der Waals surface area contributed by atoms with E-state index in [1.165, 1.54) is 0 Å². The molecule has 22 heavy (non-hydrogen) atoms. The predicted molar refractivity (Wildman–Crippen MR) is 83.8 cm³/mol. The highest BCUT2D eigenvalue weighted by molar-refractivity contribution is 6.30. The van der Waals surface area contributed by atoms with Crippen molar-refractivity contribution in [3.05, 3.63) is 59.0 Å². The van der Waals surface area contributed by atoms with Crippen molar-refractivity contribution in [2.45, 2.75) is 31.4 Å². The molecule has 2 aromatic rings. The van der Waals surface area contributed by atoms with Crippen LogP contribution in [0.2, 0.25) is 5.02 Å². The maximum absolute atomic E-state index is 12.6. The molecule has 3 rings (SSSR count). The van der Waals surface area contributed by atoms with E-state index >= 15 is 0 Å². The second-order valence-corrected chi connectivity index (χ2v) is 6.01. The van der Waals surface area contributed by atoms with Crippen LogP contribution in [-0.2, 0) is 0 Å². The van der Waals surface area contributed by atoms with E-state index in [0.717, 1.165) is 12.8 Å². The van der Waals surface area contributed by atoms with Gasteiger partial charge in [0.1, 0.15) is 11.9 Å². The first-order valence-corrected chi connectivity index (χ1v) is 7.81. The van der Waals surface area contributed by atoms with E-state index in [4.69, 9.17) is 16.0 Å². The van der Waals surface area contributed by atoms with E-state index in [-0.39, 0.29) is 11.9 Å². The van der Waals surface area contributed by atoms with Gasteiger partial charge in [-0.05, 0) is 43.2 Å². The minimum absolute atomic E-state index is 0.0200. The Morgan fingerprint density at radius 3 is 3.00 bits per heavy atom. The molecule has 1 N–H and O–H groups in total. The van der Waals surface area contributed by atoms with Crippen molar-refractivity contribution in [3.63, 3.8) is 0 Å². The summed E-state index contributed by atoms with van der Waals surface area (Å²) in [4.78, 5) is 14.5. The number of likely N-dealkylation sites (tertiary alicyclic amines) is 1. The van der Waals surface area contributed by atoms with Gasteiger partial charge < -0.3 is 14.4 Å². The lowest BCUT2D eigenvalue weighted by molar-refractivity contribution is 0.0641. The maximum atomic E-state index is 12.6. The number of rotatable bonds is 4. The lowest BCUT2D eigenvalue weighted by atomic mass is 10.0. The summed E-state index contributed by atoms with van der Waals surface area (Å²) in [6, 6.07) is 10.5. The molecular formula is C17H18ClNO3. The fourth-order valence-corrected chi connectivity index (χ4v) is 3.18. The lowest BCUT2D eigenvalue weighted by Gasteiger charge is -2.26. The van der Waals surface area contributed by atoms with Crippen LogP contribution in [0, 0.1) is 0 Å². The van der Waals surface area contributed by atoms with Crippen molar-refractivity contribution >= 4 is 17.5 Å². The van der Waals surface area contributed by atoms with Gasteiger partial charge in [0.05, 0.1) is 6.26 Å². The van der Waals surface area contributed by atoms with Gasteiger partial charge in [-0.2, -0.15) is 0 Å². The van der Waals surface area contributed by atoms with Crippen LogP contribution in [0.25, 0.3) is 0 Å². The van der Waals surface area contributed by atoms with E-state index in [0.29, 0.717) is 29.3 Å². The summed E-state index contributed by atoms with van der Waals surface area (Å²) in [6.07, 6.45) is 3.18. The number of aliphatic hydroxyl groups excluding tert-OH is 1. The molecule has 2 heterocycles. The van der Waals surface area contributed by atoms with Crippen LogP contribution in [-0.4, -0.2) is 28.5 Å². The number of carbonyl (C=O) groups excluding carboxylic acids is 1. The summed E-state index contributed by atoms with van der Waals surface area (Å²) >= 11 is 5.96. The zero-order valence-electron chi connectivity index (χ0n) is 12.1. The zero-order chi connectivity index (χ0) is 15.5. The number of hydrogen-bond acceptors (Lipinski definition) is 3. The monoisotopic (exact) mass is 319 g/mol. The highest BCUT2D eigenvalue weighted by Gasteiger charge is 2.31. The van der Waals surface area contributed by atoms with E-state index in [1.807, 2.05) is 4.90 Å². The standard InChI is InChI=1S/C17H18ClNO3/c18-13-5-1-4-12(10-13)17(21)19-8-2-6-14(19)11-15(20)16-7-3-9-22-16/h1,3-5,7,9-10,14-15,20H,2,6,8,11H2/t14-,15+/m1/s1. The summed E-state index contributed by atoms with van der Waals surface area (Å²) in [5, 5.41) is 10.8. The van der Waals surface area contributed by atoms with Crippen LogP contribution in [0.1, 0.15) is 41.5 Å². The Hall–Kier alpha value is -1.78. The number of hydrogen-bond donors (Lipinski definition) is 1. The van der Waals surface area contributed by atoms with E-state index in [9.17, 15) is 9.90 Å². The number of benzene rings is 1. The Morgan fingerprint density at radius 2 is 2.27 bits per heavy atom. The molecule has 1 fully saturated rings. The largest absolute Gasteiger partial charge is 0.467 e. The van der Waals surface area contributed by atoms with Gasteiger partial charge >= 0.3 is 0 Å². The number of aliphatic hydroxyl groups is 1. The molecule has 1 aromatic heterocycles. The molecule has 4 nitrogen and oxygen atoms in total. The molecule has 1 aliphatic heterocycles. The Bertz CT molecular complexity index is 641. The van der Waals surface area contributed by atoms with Crippen LogP contribution in [0.5, 0.6) is 0 Å². The Balaban J connectivity index is 1.71. The lowest BCUT2D eigenvalue weighted by Crippen LogP contribution is -2.36. The van der Waals surface area contributed by atoms with Crippen molar-refractivity contribution in [1.82, 2.24) is 4.90 Å². The topological polar surface area (TPSA) is 53.7 Å². The number of halogens is 1. The number of nitrogens with zero attached hydrogens (tertiary/aromatic N) is 1. The van der Waals surface area contributed by atoms with E-state index in [2.05, 4.69) is 0 Å². The number of amides is 1. The molecule has 0 saturated carbocycles. The zero-order valence-corrected chi connectivity index (χ0v) is 12.9. The minimum atomic E-state index is -0.687. The fraction of sp³-hybridized carbons (Fsp3) is 0.353. The molecule has 0 radical (unpaired) electrons. The third-order valence-corrected chi connectivity index (χ3v) is 4.31. The van der Waals surface area contributed by atoms with Crippen LogP contribution < -0.4 is 0 Å². The Labute approximate surface area is 134 Å². The molecule has 0 aliphatic carbocycles. The van der Waals surface area contributed by atoms with Crippen molar-refractivity contribution < 1.29 is 14.3 Å². The summed E-state index contributed by atoms with van der Waals surface area (Å²) < 4.78 is 5.23. The molecular weight excluding hydrogens is 302 g/mol. The Kier molecular flexibility index (Phi) is 4.50. The van der Waals surface area contributed by atoms with E-state index < -0.39 is 6.10 Å². The van der Waals surface area contributed by atoms with Gasteiger partial charge in [0, 0.05) is 29.6 Å². The van der Waals surface area contributed by atoms with Crippen molar-refractivity contribution in [1.29, 1.82) is 0 Å². The average molecular weight is 320 g/mol. The normalized spacial score (nSPS) is 19.4. The van der Waals surface area contributed by atoms with Gasteiger partial charge in [0.15, 0.2) is 0 Å². The quantitative estimate of drug-likeness (QED) is 0.935. The fourth-order valence-electron chi connectivity index (χ4n) is 2.99. The summed E-state index contributed by atoms with van der Waals surface area (Å²) in [7, 11) is 0. The van der Waals surface area contributed by atoms with Gasteiger partial charge in [0.2, 0.25) is 0 Å². The average Bonchev–Trinajstić information content (AvgIpc) is 3.18. The molecule has 1 aliphatic rings. The third kappa shape index (κ3) is 3.18. The first-order valence-electron chi connectivity index (χ1n) is 7.43. The molecule has 1 amide bonds. The van der Waals surface area contributed by atoms with Crippen molar-refractivity contribution in [2.75, 3.05) is 6.54 Å². The van der Waals surface area contributed by atoms with Crippen molar-refractivity contribution in [2.24, 2.45) is 0 Å². The maximum Gasteiger partial charge on any atom is 0.254 e. The minimum Gasteiger partial charge on any atom is -0.467 e. The second-order valence-electron chi connectivity index (χ2n) is 5.57. The third-order valence-electron chi connectivity index (χ3n) is 4.08. The van der Waals surface area contributed by atoms with Gasteiger partial charge in [-0.25, -0.2) is 0 Å². The van der Waals surface area contributed by atoms with Crippen LogP contribution in [0.3, 0.4) is 0 Å². The van der Waals surface area contributed by atoms with Crippen LogP contribution in [0.15, 0.2) is 47.1 Å². The van der Waals surface area contributed by atoms with Crippen LogP contribution >= 0.6 is 11.6 Å². The molecule has 1 saturated heterocycles. The van der Waals surface area contributed by atoms with Gasteiger partial charge in [-0.1, -0.05) is 17.7 Å². The first-order chi connectivity index (χ1) is 10.6. The molecule has 2 atom stereocenters. The summed E-state index contributed by atoms with van der Waals surface area (Å²) in [5.41, 5.74) is 0.590. The van der Waals surface area contributed by atoms with E-state index in [1.54, 1.807) is 42.7 Å². The first kappa shape index (κ1) is 15.1. The molecule has 1 aromatic carbocycles. The predicted octanol–water partition coefficient (Wildman–Crippen LogP) is 3.66. The Morgan fingerprint density at radius 1 is 1.41 bits per heavy atom. The van der Waals surface area contributed by atoms with Gasteiger partial charge in [0.25, 0.3) is 5.91 Å². The van der Waals surface area contributed by atoms with Gasteiger partial charge in [-0.15, -0.1) is 0 Å².